The van der Waals surface area contributed by atoms with Crippen molar-refractivity contribution >= 4 is 27.5 Å². The molecular weight excluding hydrogens is 578 g/mol. The third-order valence-corrected chi connectivity index (χ3v) is 9.11. The fourth-order valence-electron chi connectivity index (χ4n) is 6.88. The van der Waals surface area contributed by atoms with Crippen LogP contribution in [0.3, 0.4) is 0 Å². The third-order valence-electron chi connectivity index (χ3n) is 8.52. The summed E-state index contributed by atoms with van der Waals surface area (Å²) in [5, 5.41) is 0. The van der Waals surface area contributed by atoms with Crippen molar-refractivity contribution in [1.82, 2.24) is 4.90 Å². The Labute approximate surface area is 253 Å². The van der Waals surface area contributed by atoms with Crippen LogP contribution in [0.1, 0.15) is 89.3 Å². The maximum Gasteiger partial charge on any atom is 0.175 e. The monoisotopic (exact) mass is 619 g/mol. The molecule has 0 fully saturated rings. The number of hydrogen-bond acceptors (Lipinski definition) is 5. The SMILES string of the molecule is CCCN1C2=C(C(=O)CC(C)(C)C2)C(c2cc(Br)c(OCc3cccc(C)c3)c(OC)c2)C2=C1CC(C)(C)CC2=O. The molecule has 1 aliphatic heterocycles. The molecule has 0 saturated heterocycles. The molecule has 0 N–H and O–H groups in total. The minimum absolute atomic E-state index is 0.134. The van der Waals surface area contributed by atoms with Gasteiger partial charge >= 0.3 is 0 Å². The number of ketones is 2. The van der Waals surface area contributed by atoms with Crippen molar-refractivity contribution in [2.75, 3.05) is 13.7 Å². The van der Waals surface area contributed by atoms with E-state index in [1.54, 1.807) is 7.11 Å². The summed E-state index contributed by atoms with van der Waals surface area (Å²) in [6.45, 7) is 14.1. The first kappa shape index (κ1) is 29.6. The highest BCUT2D eigenvalue weighted by Gasteiger charge is 2.49. The van der Waals surface area contributed by atoms with Gasteiger partial charge in [0.1, 0.15) is 6.61 Å². The van der Waals surface area contributed by atoms with Gasteiger partial charge in [-0.3, -0.25) is 9.59 Å². The van der Waals surface area contributed by atoms with E-state index in [2.05, 4.69) is 74.5 Å². The summed E-state index contributed by atoms with van der Waals surface area (Å²) in [6, 6.07) is 12.2. The number of Topliss-reactive ketones (excluding diaryl/α,β-unsaturated/α-hetero) is 2. The highest BCUT2D eigenvalue weighted by Crippen LogP contribution is 2.55. The molecule has 1 heterocycles. The zero-order valence-electron chi connectivity index (χ0n) is 25.4. The van der Waals surface area contributed by atoms with Crippen LogP contribution in [-0.4, -0.2) is 30.1 Å². The zero-order chi connectivity index (χ0) is 29.7. The second-order valence-corrected chi connectivity index (χ2v) is 14.4. The number of halogens is 1. The van der Waals surface area contributed by atoms with Gasteiger partial charge in [0.2, 0.25) is 0 Å². The van der Waals surface area contributed by atoms with Crippen LogP contribution < -0.4 is 9.47 Å². The maximum absolute atomic E-state index is 14.0. The van der Waals surface area contributed by atoms with Crippen LogP contribution in [0, 0.1) is 17.8 Å². The van der Waals surface area contributed by atoms with Gasteiger partial charge in [0.15, 0.2) is 23.1 Å². The Bertz CT molecular complexity index is 1410. The van der Waals surface area contributed by atoms with E-state index in [0.717, 1.165) is 63.9 Å². The first-order valence-corrected chi connectivity index (χ1v) is 15.5. The lowest BCUT2D eigenvalue weighted by Crippen LogP contribution is -2.44. The zero-order valence-corrected chi connectivity index (χ0v) is 27.0. The predicted octanol–water partition coefficient (Wildman–Crippen LogP) is 8.44. The Morgan fingerprint density at radius 3 is 2.07 bits per heavy atom. The Morgan fingerprint density at radius 1 is 0.927 bits per heavy atom. The van der Waals surface area contributed by atoms with Crippen molar-refractivity contribution in [1.29, 1.82) is 0 Å². The molecule has 0 atom stereocenters. The summed E-state index contributed by atoms with van der Waals surface area (Å²) in [5.74, 6) is 1.05. The quantitative estimate of drug-likeness (QED) is 0.311. The first-order chi connectivity index (χ1) is 19.3. The van der Waals surface area contributed by atoms with Crippen molar-refractivity contribution in [3.8, 4) is 11.5 Å². The molecule has 0 radical (unpaired) electrons. The number of carbonyl (C=O) groups excluding carboxylic acids is 2. The molecule has 5 nitrogen and oxygen atoms in total. The van der Waals surface area contributed by atoms with E-state index < -0.39 is 5.92 Å². The molecule has 0 saturated carbocycles. The minimum atomic E-state index is -0.420. The van der Waals surface area contributed by atoms with Crippen LogP contribution >= 0.6 is 15.9 Å². The van der Waals surface area contributed by atoms with Crippen molar-refractivity contribution in [3.63, 3.8) is 0 Å². The Morgan fingerprint density at radius 2 is 1.54 bits per heavy atom. The lowest BCUT2D eigenvalue weighted by Gasteiger charge is -2.49. The van der Waals surface area contributed by atoms with Crippen LogP contribution in [0.2, 0.25) is 0 Å². The summed E-state index contributed by atoms with van der Waals surface area (Å²) < 4.78 is 12.9. The summed E-state index contributed by atoms with van der Waals surface area (Å²) in [7, 11) is 1.63. The van der Waals surface area contributed by atoms with Gasteiger partial charge in [-0.25, -0.2) is 0 Å². The van der Waals surface area contributed by atoms with Crippen molar-refractivity contribution in [2.45, 2.75) is 86.2 Å². The van der Waals surface area contributed by atoms with E-state index in [9.17, 15) is 9.59 Å². The van der Waals surface area contributed by atoms with E-state index in [0.29, 0.717) is 30.9 Å². The highest BCUT2D eigenvalue weighted by molar-refractivity contribution is 9.10. The largest absolute Gasteiger partial charge is 0.493 e. The van der Waals surface area contributed by atoms with Gasteiger partial charge in [0.05, 0.1) is 11.6 Å². The maximum atomic E-state index is 14.0. The molecule has 41 heavy (non-hydrogen) atoms. The number of ether oxygens (including phenoxy) is 2. The smallest absolute Gasteiger partial charge is 0.175 e. The molecule has 2 aromatic rings. The van der Waals surface area contributed by atoms with Crippen molar-refractivity contribution < 1.29 is 19.1 Å². The molecule has 0 aromatic heterocycles. The van der Waals surface area contributed by atoms with E-state index >= 15 is 0 Å². The van der Waals surface area contributed by atoms with Gasteiger partial charge in [-0.1, -0.05) is 64.4 Å². The fourth-order valence-corrected chi connectivity index (χ4v) is 7.45. The highest BCUT2D eigenvalue weighted by atomic mass is 79.9. The molecule has 6 heteroatoms. The number of benzene rings is 2. The number of hydrogen-bond donors (Lipinski definition) is 0. The van der Waals surface area contributed by atoms with E-state index in [-0.39, 0.29) is 22.4 Å². The Kier molecular flexibility index (Phi) is 8.01. The average molecular weight is 621 g/mol. The molecule has 3 aliphatic rings. The lowest BCUT2D eigenvalue weighted by molar-refractivity contribution is -0.119. The van der Waals surface area contributed by atoms with Crippen LogP contribution in [-0.2, 0) is 16.2 Å². The lowest BCUT2D eigenvalue weighted by atomic mass is 9.63. The van der Waals surface area contributed by atoms with Crippen molar-refractivity contribution in [3.05, 3.63) is 80.1 Å². The van der Waals surface area contributed by atoms with Gasteiger partial charge in [-0.05, 0) is 76.2 Å². The average Bonchev–Trinajstić information content (AvgIpc) is 2.87. The molecule has 0 amide bonds. The fraction of sp³-hybridized carbons (Fsp3) is 0.486. The van der Waals surface area contributed by atoms with Gasteiger partial charge in [0.25, 0.3) is 0 Å². The normalized spacial score (nSPS) is 20.2. The molecule has 2 aromatic carbocycles. The third kappa shape index (κ3) is 5.77. The van der Waals surface area contributed by atoms with Crippen LogP contribution in [0.15, 0.2) is 63.4 Å². The summed E-state index contributed by atoms with van der Waals surface area (Å²) in [4.78, 5) is 30.3. The standard InChI is InChI=1S/C35H42BrNO4/c1-8-12-37-25-16-34(3,4)18-27(38)31(25)30(32-26(37)17-35(5,6)19-28(32)39)23-14-24(36)33(29(15-23)40-7)41-20-22-11-9-10-21(2)13-22/h9-11,13-15,30H,8,12,16-20H2,1-7H3. The molecule has 2 aliphatic carbocycles. The second-order valence-electron chi connectivity index (χ2n) is 13.5. The minimum Gasteiger partial charge on any atom is -0.493 e. The van der Waals surface area contributed by atoms with Gasteiger partial charge in [-0.15, -0.1) is 0 Å². The van der Waals surface area contributed by atoms with E-state index in [4.69, 9.17) is 9.47 Å². The van der Waals surface area contributed by atoms with Crippen molar-refractivity contribution in [2.24, 2.45) is 10.8 Å². The van der Waals surface area contributed by atoms with Crippen LogP contribution in [0.4, 0.5) is 0 Å². The topological polar surface area (TPSA) is 55.8 Å². The summed E-state index contributed by atoms with van der Waals surface area (Å²) >= 11 is 3.76. The molecule has 0 unspecified atom stereocenters. The molecular formula is C35H42BrNO4. The summed E-state index contributed by atoms with van der Waals surface area (Å²) in [6.07, 6.45) is 3.51. The molecule has 0 spiro atoms. The number of rotatable bonds is 7. The van der Waals surface area contributed by atoms with Gasteiger partial charge in [-0.2, -0.15) is 0 Å². The first-order valence-electron chi connectivity index (χ1n) is 14.7. The molecule has 218 valence electrons. The number of methoxy groups -OCH3 is 1. The van der Waals surface area contributed by atoms with Crippen LogP contribution in [0.5, 0.6) is 11.5 Å². The Balaban J connectivity index is 1.65. The molecule has 5 rings (SSSR count). The summed E-state index contributed by atoms with van der Waals surface area (Å²) in [5.41, 5.74) is 6.62. The molecule has 0 bridgehead atoms. The number of carbonyl (C=O) groups is 2. The second kappa shape index (κ2) is 11.1. The van der Waals surface area contributed by atoms with Gasteiger partial charge in [0, 0.05) is 47.8 Å². The number of allylic oxidation sites excluding steroid dienone is 4. The number of nitrogens with zero attached hydrogens (tertiary/aromatic N) is 1. The van der Waals surface area contributed by atoms with Crippen LogP contribution in [0.25, 0.3) is 0 Å². The Hall–Kier alpha value is -2.86. The van der Waals surface area contributed by atoms with Gasteiger partial charge < -0.3 is 14.4 Å². The predicted molar refractivity (Wildman–Crippen MR) is 166 cm³/mol. The van der Waals surface area contributed by atoms with E-state index in [1.165, 1.54) is 5.56 Å². The number of aryl methyl sites for hydroxylation is 1. The van der Waals surface area contributed by atoms with E-state index in [1.807, 2.05) is 24.3 Å².